The first-order valence-electron chi connectivity index (χ1n) is 19.4. The van der Waals surface area contributed by atoms with Crippen LogP contribution in [0.4, 0.5) is 10.6 Å². The monoisotopic (exact) mass is 788 g/mol. The number of esters is 1. The zero-order valence-corrected chi connectivity index (χ0v) is 34.2. The van der Waals surface area contributed by atoms with E-state index in [0.717, 1.165) is 16.7 Å². The molecule has 5 atom stereocenters. The van der Waals surface area contributed by atoms with Crippen LogP contribution in [0.2, 0.25) is 0 Å². The second kappa shape index (κ2) is 17.0. The topological polar surface area (TPSA) is 188 Å². The van der Waals surface area contributed by atoms with Gasteiger partial charge in [0.25, 0.3) is 0 Å². The van der Waals surface area contributed by atoms with Crippen LogP contribution in [0.3, 0.4) is 0 Å². The van der Waals surface area contributed by atoms with Crippen molar-refractivity contribution in [2.75, 3.05) is 6.61 Å². The van der Waals surface area contributed by atoms with Gasteiger partial charge < -0.3 is 29.6 Å². The number of benzene rings is 3. The third kappa shape index (κ3) is 8.56. The number of ether oxygens (including phenoxy) is 3. The Kier molecular flexibility index (Phi) is 12.2. The van der Waals surface area contributed by atoms with E-state index >= 15 is 0 Å². The summed E-state index contributed by atoms with van der Waals surface area (Å²) >= 11 is 0. The molecule has 3 N–H and O–H groups in total. The minimum absolute atomic E-state index is 0.0331. The number of nitrogens with zero attached hydrogens (tertiary/aromatic N) is 6. The maximum absolute atomic E-state index is 14.3. The number of aliphatic hydroxyl groups excluding tert-OH is 1. The number of nitrogens with one attached hydrogen (secondary N) is 2. The highest BCUT2D eigenvalue weighted by molar-refractivity contribution is 5.87. The number of aromatic amines is 1. The number of rotatable bonds is 12. The fourth-order valence-electron chi connectivity index (χ4n) is 7.92. The number of azide groups is 1. The normalized spacial score (nSPS) is 19.4. The first-order valence-corrected chi connectivity index (χ1v) is 19.4. The summed E-state index contributed by atoms with van der Waals surface area (Å²) in [7, 11) is 0. The Morgan fingerprint density at radius 1 is 0.914 bits per heavy atom. The Balaban J connectivity index is 1.50. The quantitative estimate of drug-likeness (QED) is 0.0368. The average Bonchev–Trinajstić information content (AvgIpc) is 3.73. The molecular weight excluding hydrogens is 737 g/mol. The van der Waals surface area contributed by atoms with Gasteiger partial charge in [0.2, 0.25) is 0 Å². The Hall–Kier alpha value is -5.79. The average molecular weight is 789 g/mol. The molecule has 14 nitrogen and oxygen atoms in total. The highest BCUT2D eigenvalue weighted by Crippen LogP contribution is 2.47. The van der Waals surface area contributed by atoms with Gasteiger partial charge >= 0.3 is 12.1 Å². The van der Waals surface area contributed by atoms with E-state index in [-0.39, 0.29) is 12.4 Å². The second-order valence-electron chi connectivity index (χ2n) is 16.8. The van der Waals surface area contributed by atoms with E-state index in [1.807, 2.05) is 112 Å². The van der Waals surface area contributed by atoms with Gasteiger partial charge in [-0.2, -0.15) is 0 Å². The molecule has 6 rings (SSSR count). The summed E-state index contributed by atoms with van der Waals surface area (Å²) < 4.78 is 19.3. The molecule has 1 aliphatic rings. The number of likely N-dealkylation sites (tertiary alicyclic amines) is 1. The molecule has 5 aromatic rings. The molecule has 1 saturated heterocycles. The third-order valence-corrected chi connectivity index (χ3v) is 10.3. The molecule has 3 aromatic carbocycles. The summed E-state index contributed by atoms with van der Waals surface area (Å²) in [5.74, 6) is -1.03. The first kappa shape index (κ1) is 41.8. The second-order valence-corrected chi connectivity index (χ2v) is 16.8. The van der Waals surface area contributed by atoms with E-state index in [9.17, 15) is 20.2 Å². The minimum Gasteiger partial charge on any atom is -0.456 e. The number of carbonyl (C=O) groups is 2. The van der Waals surface area contributed by atoms with E-state index in [1.165, 1.54) is 6.33 Å². The van der Waals surface area contributed by atoms with Crippen molar-refractivity contribution in [2.45, 2.75) is 102 Å². The minimum atomic E-state index is -1.33. The summed E-state index contributed by atoms with van der Waals surface area (Å²) in [4.78, 5) is 44.2. The smallest absolute Gasteiger partial charge is 0.408 e. The number of aliphatic hydroxyl groups is 1. The number of carbonyl (C=O) groups excluding carboxylic acids is 2. The summed E-state index contributed by atoms with van der Waals surface area (Å²) in [5.41, 5.74) is 10.7. The van der Waals surface area contributed by atoms with Crippen molar-refractivity contribution >= 4 is 28.9 Å². The van der Waals surface area contributed by atoms with Crippen LogP contribution in [0.1, 0.15) is 83.7 Å². The zero-order chi connectivity index (χ0) is 41.8. The Morgan fingerprint density at radius 3 is 1.95 bits per heavy atom. The molecule has 0 aliphatic carbocycles. The van der Waals surface area contributed by atoms with E-state index in [4.69, 9.17) is 14.2 Å². The van der Waals surface area contributed by atoms with Crippen LogP contribution in [0, 0.1) is 5.92 Å². The molecule has 58 heavy (non-hydrogen) atoms. The lowest BCUT2D eigenvalue weighted by molar-refractivity contribution is -0.161. The first-order chi connectivity index (χ1) is 27.6. The van der Waals surface area contributed by atoms with Crippen molar-refractivity contribution in [3.8, 4) is 0 Å². The summed E-state index contributed by atoms with van der Waals surface area (Å²) in [6.07, 6.45) is -0.275. The SMILES string of the molecule is CC(C)[C@H](NC(=O)OC(C)(C)C)C(=O)O[C@H]1[C@@H](O)[C@H](c2c[nH]c3c(N=[N+]=[N-])ncnc23)N(C(C)(C)C)[C@@H]1COC(c1ccccc1)(c1ccccc1)c1ccccc1. The van der Waals surface area contributed by atoms with Gasteiger partial charge in [-0.15, -0.1) is 0 Å². The van der Waals surface area contributed by atoms with Crippen LogP contribution in [-0.4, -0.2) is 79.1 Å². The third-order valence-electron chi connectivity index (χ3n) is 10.3. The summed E-state index contributed by atoms with van der Waals surface area (Å²) in [5, 5.41) is 19.1. The molecule has 3 heterocycles. The molecule has 0 radical (unpaired) electrons. The van der Waals surface area contributed by atoms with Gasteiger partial charge in [-0.25, -0.2) is 19.6 Å². The predicted molar refractivity (Wildman–Crippen MR) is 220 cm³/mol. The molecule has 1 amide bonds. The van der Waals surface area contributed by atoms with Crippen LogP contribution in [0.5, 0.6) is 0 Å². The van der Waals surface area contributed by atoms with Crippen LogP contribution in [0.25, 0.3) is 21.5 Å². The number of hydrogen-bond acceptors (Lipinski definition) is 10. The van der Waals surface area contributed by atoms with Crippen molar-refractivity contribution in [3.63, 3.8) is 0 Å². The van der Waals surface area contributed by atoms with Gasteiger partial charge in [0.05, 0.1) is 29.7 Å². The maximum Gasteiger partial charge on any atom is 0.408 e. The lowest BCUT2D eigenvalue weighted by Gasteiger charge is -2.43. The van der Waals surface area contributed by atoms with Gasteiger partial charge in [0.1, 0.15) is 35.8 Å². The van der Waals surface area contributed by atoms with Crippen LogP contribution >= 0.6 is 0 Å². The van der Waals surface area contributed by atoms with Crippen molar-refractivity contribution in [2.24, 2.45) is 11.0 Å². The van der Waals surface area contributed by atoms with Gasteiger partial charge in [-0.1, -0.05) is 105 Å². The van der Waals surface area contributed by atoms with Gasteiger partial charge in [0.15, 0.2) is 5.82 Å². The Bertz CT molecular complexity index is 2130. The highest BCUT2D eigenvalue weighted by Gasteiger charge is 2.56. The molecule has 304 valence electrons. The van der Waals surface area contributed by atoms with Gasteiger partial charge in [-0.05, 0) is 74.8 Å². The van der Waals surface area contributed by atoms with Crippen molar-refractivity contribution in [3.05, 3.63) is 136 Å². The Labute approximate surface area is 338 Å². The highest BCUT2D eigenvalue weighted by atomic mass is 16.6. The number of alkyl carbamates (subject to hydrolysis) is 1. The van der Waals surface area contributed by atoms with Crippen molar-refractivity contribution < 1.29 is 28.9 Å². The van der Waals surface area contributed by atoms with E-state index in [2.05, 4.69) is 35.2 Å². The number of hydrogen-bond donors (Lipinski definition) is 3. The standard InChI is InChI=1S/C44H52N8O6/c1-27(2)33(49-41(55)58-43(6,7)8)40(54)57-38-32(52(42(3,4)5)36(37(38)53)31-24-46-35-34(31)47-26-48-39(35)50-51-45)25-56-44(28-18-12-9-13-19-28,29-20-14-10-15-21-29)30-22-16-11-17-23-30/h9-24,26-27,32-33,36-38,46,53H,25H2,1-8H3,(H,49,55)/t32-,33+,36+,37+,38-/m1/s1. The summed E-state index contributed by atoms with van der Waals surface area (Å²) in [6.45, 7) is 14.8. The summed E-state index contributed by atoms with van der Waals surface area (Å²) in [6, 6.07) is 27.1. The molecule has 1 aliphatic heterocycles. The predicted octanol–water partition coefficient (Wildman–Crippen LogP) is 8.25. The molecule has 0 bridgehead atoms. The molecule has 0 unspecified atom stereocenters. The van der Waals surface area contributed by atoms with Crippen LogP contribution in [-0.2, 0) is 24.6 Å². The van der Waals surface area contributed by atoms with Crippen molar-refractivity contribution in [1.82, 2.24) is 25.2 Å². The van der Waals surface area contributed by atoms with Gasteiger partial charge in [-0.3, -0.25) is 4.90 Å². The number of amides is 1. The molecule has 2 aromatic heterocycles. The van der Waals surface area contributed by atoms with E-state index in [1.54, 1.807) is 40.8 Å². The zero-order valence-electron chi connectivity index (χ0n) is 34.2. The number of H-pyrrole nitrogens is 1. The largest absolute Gasteiger partial charge is 0.456 e. The molecule has 1 fully saturated rings. The molecular formula is C44H52N8O6. The lowest BCUT2D eigenvalue weighted by atomic mass is 9.80. The van der Waals surface area contributed by atoms with Crippen LogP contribution < -0.4 is 5.32 Å². The van der Waals surface area contributed by atoms with E-state index < -0.39 is 65.1 Å². The molecule has 0 spiro atoms. The fraction of sp³-hybridized carbons (Fsp3) is 0.409. The van der Waals surface area contributed by atoms with Crippen molar-refractivity contribution in [1.29, 1.82) is 0 Å². The van der Waals surface area contributed by atoms with Crippen LogP contribution in [0.15, 0.2) is 109 Å². The fourth-order valence-corrected chi connectivity index (χ4v) is 7.92. The number of aromatic nitrogens is 3. The van der Waals surface area contributed by atoms with Gasteiger partial charge in [0, 0.05) is 22.2 Å². The lowest BCUT2D eigenvalue weighted by Crippen LogP contribution is -2.53. The maximum atomic E-state index is 14.3. The van der Waals surface area contributed by atoms with E-state index in [0.29, 0.717) is 16.6 Å². The Morgan fingerprint density at radius 2 is 1.47 bits per heavy atom. The molecule has 14 heteroatoms. The number of fused-ring (bicyclic) bond motifs is 1. The molecule has 0 saturated carbocycles.